The van der Waals surface area contributed by atoms with Crippen LogP contribution in [0.5, 0.6) is 0 Å². The van der Waals surface area contributed by atoms with Crippen molar-refractivity contribution in [3.8, 4) is 0 Å². The Kier molecular flexibility index (Phi) is 4.27. The fourth-order valence-corrected chi connectivity index (χ4v) is 2.40. The number of hydrogen-bond donors (Lipinski definition) is 0. The molecule has 2 aromatic rings. The van der Waals surface area contributed by atoms with Gasteiger partial charge in [0.25, 0.3) is 11.6 Å². The lowest BCUT2D eigenvalue weighted by Crippen LogP contribution is -2.27. The van der Waals surface area contributed by atoms with Crippen molar-refractivity contribution in [3.63, 3.8) is 0 Å². The molecule has 8 heteroatoms. The second kappa shape index (κ2) is 5.96. The Balaban J connectivity index is 2.17. The molecular weight excluding hydrogens is 297 g/mol. The first-order valence-corrected chi connectivity index (χ1v) is 6.87. The van der Waals surface area contributed by atoms with Gasteiger partial charge in [-0.3, -0.25) is 14.9 Å². The molecule has 0 aliphatic heterocycles. The maximum atomic E-state index is 13.8. The van der Waals surface area contributed by atoms with Gasteiger partial charge in [0.1, 0.15) is 5.82 Å². The van der Waals surface area contributed by atoms with E-state index in [9.17, 15) is 19.3 Å². The second-order valence-corrected chi connectivity index (χ2v) is 5.50. The highest BCUT2D eigenvalue weighted by atomic mass is 32.1. The standard InChI is InChI=1S/C13H12FN3O3S/c1-8-15-9(7-21-8)6-16(2)13(18)11-4-3-10(17(19)20)5-12(11)14/h3-5,7H,6H2,1-2H3. The quantitative estimate of drug-likeness (QED) is 0.643. The minimum absolute atomic E-state index is 0.199. The van der Waals surface area contributed by atoms with E-state index >= 15 is 0 Å². The van der Waals surface area contributed by atoms with E-state index in [1.165, 1.54) is 23.3 Å². The summed E-state index contributed by atoms with van der Waals surface area (Å²) in [4.78, 5) is 27.5. The minimum Gasteiger partial charge on any atom is -0.336 e. The van der Waals surface area contributed by atoms with E-state index < -0.39 is 16.6 Å². The summed E-state index contributed by atoms with van der Waals surface area (Å²) in [6.07, 6.45) is 0. The summed E-state index contributed by atoms with van der Waals surface area (Å²) in [5.74, 6) is -1.46. The Bertz CT molecular complexity index is 702. The summed E-state index contributed by atoms with van der Waals surface area (Å²) in [6, 6.07) is 2.98. The van der Waals surface area contributed by atoms with Gasteiger partial charge in [-0.15, -0.1) is 11.3 Å². The second-order valence-electron chi connectivity index (χ2n) is 4.44. The molecule has 0 radical (unpaired) electrons. The van der Waals surface area contributed by atoms with Gasteiger partial charge in [-0.25, -0.2) is 9.37 Å². The Labute approximate surface area is 124 Å². The predicted molar refractivity (Wildman–Crippen MR) is 75.7 cm³/mol. The molecule has 1 heterocycles. The highest BCUT2D eigenvalue weighted by molar-refractivity contribution is 7.09. The third kappa shape index (κ3) is 3.40. The summed E-state index contributed by atoms with van der Waals surface area (Å²) in [7, 11) is 1.53. The number of rotatable bonds is 4. The highest BCUT2D eigenvalue weighted by Crippen LogP contribution is 2.18. The monoisotopic (exact) mass is 309 g/mol. The lowest BCUT2D eigenvalue weighted by molar-refractivity contribution is -0.385. The molecule has 110 valence electrons. The molecule has 0 aliphatic carbocycles. The van der Waals surface area contributed by atoms with Gasteiger partial charge in [-0.1, -0.05) is 0 Å². The largest absolute Gasteiger partial charge is 0.336 e. The Morgan fingerprint density at radius 3 is 2.76 bits per heavy atom. The lowest BCUT2D eigenvalue weighted by atomic mass is 10.1. The van der Waals surface area contributed by atoms with Gasteiger partial charge in [-0.2, -0.15) is 0 Å². The molecule has 0 bridgehead atoms. The minimum atomic E-state index is -0.907. The number of carbonyl (C=O) groups excluding carboxylic acids is 1. The van der Waals surface area contributed by atoms with Crippen LogP contribution in [-0.4, -0.2) is 27.8 Å². The number of aromatic nitrogens is 1. The van der Waals surface area contributed by atoms with E-state index in [2.05, 4.69) is 4.98 Å². The number of thiazole rings is 1. The first-order chi connectivity index (χ1) is 9.88. The summed E-state index contributed by atoms with van der Waals surface area (Å²) < 4.78 is 13.8. The van der Waals surface area contributed by atoms with Crippen LogP contribution in [0.2, 0.25) is 0 Å². The molecule has 21 heavy (non-hydrogen) atoms. The number of carbonyl (C=O) groups is 1. The van der Waals surface area contributed by atoms with Crippen LogP contribution in [0.1, 0.15) is 21.1 Å². The van der Waals surface area contributed by atoms with Crippen LogP contribution < -0.4 is 0 Å². The molecule has 2 rings (SSSR count). The van der Waals surface area contributed by atoms with E-state index in [0.29, 0.717) is 0 Å². The number of nitro benzene ring substituents is 1. The average Bonchev–Trinajstić information content (AvgIpc) is 2.83. The van der Waals surface area contributed by atoms with Gasteiger partial charge >= 0.3 is 0 Å². The maximum Gasteiger partial charge on any atom is 0.272 e. The molecule has 1 aromatic carbocycles. The number of non-ortho nitro benzene ring substituents is 1. The Morgan fingerprint density at radius 1 is 1.52 bits per heavy atom. The molecule has 6 nitrogen and oxygen atoms in total. The van der Waals surface area contributed by atoms with E-state index in [0.717, 1.165) is 28.9 Å². The van der Waals surface area contributed by atoms with Gasteiger partial charge in [0.2, 0.25) is 0 Å². The molecular formula is C13H12FN3O3S. The average molecular weight is 309 g/mol. The van der Waals surface area contributed by atoms with Crippen LogP contribution >= 0.6 is 11.3 Å². The van der Waals surface area contributed by atoms with Crippen molar-refractivity contribution in [3.05, 3.63) is 55.8 Å². The number of aryl methyl sites for hydroxylation is 1. The van der Waals surface area contributed by atoms with E-state index in [1.54, 1.807) is 0 Å². The first-order valence-electron chi connectivity index (χ1n) is 5.99. The van der Waals surface area contributed by atoms with E-state index in [-0.39, 0.29) is 17.8 Å². The highest BCUT2D eigenvalue weighted by Gasteiger charge is 2.19. The van der Waals surface area contributed by atoms with Crippen molar-refractivity contribution in [1.29, 1.82) is 0 Å². The SMILES string of the molecule is Cc1nc(CN(C)C(=O)c2ccc([N+](=O)[O-])cc2F)cs1. The van der Waals surface area contributed by atoms with Crippen LogP contribution in [0.15, 0.2) is 23.6 Å². The number of hydrogen-bond acceptors (Lipinski definition) is 5. The Hall–Kier alpha value is -2.35. The van der Waals surface area contributed by atoms with Crippen LogP contribution in [0.4, 0.5) is 10.1 Å². The fourth-order valence-electron chi connectivity index (χ4n) is 1.79. The number of nitro groups is 1. The Morgan fingerprint density at radius 2 is 2.24 bits per heavy atom. The summed E-state index contributed by atoms with van der Waals surface area (Å²) in [5, 5.41) is 13.3. The summed E-state index contributed by atoms with van der Waals surface area (Å²) in [6.45, 7) is 2.10. The van der Waals surface area contributed by atoms with Gasteiger partial charge in [0, 0.05) is 18.5 Å². The van der Waals surface area contributed by atoms with Crippen molar-refractivity contribution >= 4 is 22.9 Å². The fraction of sp³-hybridized carbons (Fsp3) is 0.231. The summed E-state index contributed by atoms with van der Waals surface area (Å²) in [5.41, 5.74) is 0.132. The molecule has 0 unspecified atom stereocenters. The van der Waals surface area contributed by atoms with E-state index in [4.69, 9.17) is 0 Å². The topological polar surface area (TPSA) is 76.3 Å². The molecule has 0 spiro atoms. The van der Waals surface area contributed by atoms with Crippen LogP contribution in [-0.2, 0) is 6.54 Å². The van der Waals surface area contributed by atoms with Gasteiger partial charge < -0.3 is 4.90 Å². The van der Waals surface area contributed by atoms with Crippen molar-refractivity contribution < 1.29 is 14.1 Å². The molecule has 1 aromatic heterocycles. The van der Waals surface area contributed by atoms with Crippen LogP contribution in [0.25, 0.3) is 0 Å². The third-order valence-corrected chi connectivity index (χ3v) is 3.63. The van der Waals surface area contributed by atoms with Crippen molar-refractivity contribution in [2.24, 2.45) is 0 Å². The lowest BCUT2D eigenvalue weighted by Gasteiger charge is -2.16. The van der Waals surface area contributed by atoms with Gasteiger partial charge in [-0.05, 0) is 13.0 Å². The zero-order valence-electron chi connectivity index (χ0n) is 11.4. The number of amides is 1. The molecule has 1 amide bonds. The molecule has 0 fully saturated rings. The molecule has 0 saturated carbocycles. The van der Waals surface area contributed by atoms with Crippen molar-refractivity contribution in [1.82, 2.24) is 9.88 Å². The maximum absolute atomic E-state index is 13.8. The smallest absolute Gasteiger partial charge is 0.272 e. The number of halogens is 1. The van der Waals surface area contributed by atoms with Crippen molar-refractivity contribution in [2.75, 3.05) is 7.05 Å². The number of benzene rings is 1. The predicted octanol–water partition coefficient (Wildman–Crippen LogP) is 2.77. The third-order valence-electron chi connectivity index (χ3n) is 2.81. The van der Waals surface area contributed by atoms with E-state index in [1.807, 2.05) is 12.3 Å². The zero-order valence-corrected chi connectivity index (χ0v) is 12.2. The molecule has 0 N–H and O–H groups in total. The first kappa shape index (κ1) is 15.0. The summed E-state index contributed by atoms with van der Waals surface area (Å²) >= 11 is 1.46. The molecule has 0 atom stereocenters. The molecule has 0 aliphatic rings. The van der Waals surface area contributed by atoms with Gasteiger partial charge in [0.15, 0.2) is 0 Å². The van der Waals surface area contributed by atoms with Gasteiger partial charge in [0.05, 0.1) is 33.8 Å². The van der Waals surface area contributed by atoms with Crippen molar-refractivity contribution in [2.45, 2.75) is 13.5 Å². The number of nitrogens with zero attached hydrogens (tertiary/aromatic N) is 3. The van der Waals surface area contributed by atoms with Crippen LogP contribution in [0.3, 0.4) is 0 Å². The molecule has 0 saturated heterocycles. The normalized spacial score (nSPS) is 10.4. The zero-order chi connectivity index (χ0) is 15.6. The van der Waals surface area contributed by atoms with Crippen LogP contribution in [0, 0.1) is 22.9 Å².